The molecule has 92 valence electrons. The standard InChI is InChI=1S/C11H24N2O.ClH/c1-8(10(2,3)4)9(14)13-7-11(5,6)12;/h8H,7,12H2,1-6H3,(H,13,14);1H. The second kappa shape index (κ2) is 5.71. The molecule has 0 aliphatic carbocycles. The van der Waals surface area contributed by atoms with E-state index in [0.29, 0.717) is 6.54 Å². The Morgan fingerprint density at radius 1 is 1.27 bits per heavy atom. The smallest absolute Gasteiger partial charge is 0.223 e. The van der Waals surface area contributed by atoms with Gasteiger partial charge in [-0.25, -0.2) is 0 Å². The van der Waals surface area contributed by atoms with Crippen LogP contribution in [0.5, 0.6) is 0 Å². The minimum Gasteiger partial charge on any atom is -0.354 e. The second-order valence-electron chi connectivity index (χ2n) is 5.79. The van der Waals surface area contributed by atoms with Gasteiger partial charge in [0.25, 0.3) is 0 Å². The lowest BCUT2D eigenvalue weighted by molar-refractivity contribution is -0.127. The maximum Gasteiger partial charge on any atom is 0.223 e. The quantitative estimate of drug-likeness (QED) is 0.787. The molecule has 0 aromatic heterocycles. The summed E-state index contributed by atoms with van der Waals surface area (Å²) in [5.74, 6) is 0.0841. The summed E-state index contributed by atoms with van der Waals surface area (Å²) in [6.45, 7) is 12.4. The van der Waals surface area contributed by atoms with Gasteiger partial charge in [-0.1, -0.05) is 27.7 Å². The van der Waals surface area contributed by atoms with Crippen molar-refractivity contribution in [3.63, 3.8) is 0 Å². The predicted molar refractivity (Wildman–Crippen MR) is 67.1 cm³/mol. The molecule has 0 aromatic carbocycles. The van der Waals surface area contributed by atoms with Gasteiger partial charge in [0.1, 0.15) is 0 Å². The summed E-state index contributed by atoms with van der Waals surface area (Å²) in [5, 5.41) is 2.86. The minimum atomic E-state index is -0.340. The van der Waals surface area contributed by atoms with Crippen molar-refractivity contribution < 1.29 is 4.79 Å². The van der Waals surface area contributed by atoms with Crippen LogP contribution in [-0.4, -0.2) is 18.0 Å². The number of carbonyl (C=O) groups is 1. The molecule has 1 atom stereocenters. The highest BCUT2D eigenvalue weighted by molar-refractivity contribution is 5.85. The third-order valence-corrected chi connectivity index (χ3v) is 2.41. The van der Waals surface area contributed by atoms with Crippen molar-refractivity contribution in [2.75, 3.05) is 6.54 Å². The summed E-state index contributed by atoms with van der Waals surface area (Å²) in [6.07, 6.45) is 0. The molecule has 1 amide bonds. The average Bonchev–Trinajstić information content (AvgIpc) is 1.95. The van der Waals surface area contributed by atoms with Crippen molar-refractivity contribution in [3.8, 4) is 0 Å². The Morgan fingerprint density at radius 2 is 1.67 bits per heavy atom. The lowest BCUT2D eigenvalue weighted by atomic mass is 9.81. The van der Waals surface area contributed by atoms with E-state index in [1.54, 1.807) is 0 Å². The molecule has 0 spiro atoms. The Labute approximate surface area is 99.6 Å². The third-order valence-electron chi connectivity index (χ3n) is 2.41. The first-order valence-corrected chi connectivity index (χ1v) is 5.10. The summed E-state index contributed by atoms with van der Waals surface area (Å²) in [6, 6.07) is 0. The number of nitrogens with two attached hydrogens (primary N) is 1. The van der Waals surface area contributed by atoms with E-state index in [2.05, 4.69) is 26.1 Å². The zero-order valence-electron chi connectivity index (χ0n) is 10.7. The van der Waals surface area contributed by atoms with Gasteiger partial charge in [0, 0.05) is 18.0 Å². The van der Waals surface area contributed by atoms with E-state index in [-0.39, 0.29) is 35.2 Å². The van der Waals surface area contributed by atoms with Crippen LogP contribution in [0.4, 0.5) is 0 Å². The fourth-order valence-electron chi connectivity index (χ4n) is 0.861. The molecule has 0 radical (unpaired) electrons. The Bertz CT molecular complexity index is 204. The Balaban J connectivity index is 0. The van der Waals surface area contributed by atoms with Gasteiger partial charge in [0.05, 0.1) is 0 Å². The van der Waals surface area contributed by atoms with Gasteiger partial charge in [-0.05, 0) is 19.3 Å². The SMILES string of the molecule is CC(C(=O)NCC(C)(C)N)C(C)(C)C.Cl. The number of amides is 1. The summed E-state index contributed by atoms with van der Waals surface area (Å²) < 4.78 is 0. The van der Waals surface area contributed by atoms with Gasteiger partial charge in [-0.3, -0.25) is 4.79 Å². The van der Waals surface area contributed by atoms with Crippen molar-refractivity contribution in [3.05, 3.63) is 0 Å². The first-order valence-electron chi connectivity index (χ1n) is 5.10. The van der Waals surface area contributed by atoms with Crippen LogP contribution in [0.1, 0.15) is 41.5 Å². The normalized spacial score (nSPS) is 14.1. The molecule has 0 heterocycles. The Hall–Kier alpha value is -0.280. The zero-order chi connectivity index (χ0) is 11.6. The monoisotopic (exact) mass is 236 g/mol. The van der Waals surface area contributed by atoms with Gasteiger partial charge in [-0.2, -0.15) is 0 Å². The number of nitrogens with one attached hydrogen (secondary N) is 1. The Morgan fingerprint density at radius 3 is 1.93 bits per heavy atom. The number of halogens is 1. The summed E-state index contributed by atoms with van der Waals surface area (Å²) in [7, 11) is 0. The fraction of sp³-hybridized carbons (Fsp3) is 0.909. The number of hydrogen-bond donors (Lipinski definition) is 2. The molecule has 0 rings (SSSR count). The van der Waals surface area contributed by atoms with E-state index < -0.39 is 0 Å². The highest BCUT2D eigenvalue weighted by Crippen LogP contribution is 2.25. The molecule has 3 nitrogen and oxygen atoms in total. The van der Waals surface area contributed by atoms with E-state index >= 15 is 0 Å². The molecule has 0 bridgehead atoms. The van der Waals surface area contributed by atoms with Crippen molar-refractivity contribution in [1.82, 2.24) is 5.32 Å². The van der Waals surface area contributed by atoms with Gasteiger partial charge in [0.2, 0.25) is 5.91 Å². The molecule has 0 saturated heterocycles. The summed E-state index contributed by atoms with van der Waals surface area (Å²) in [5.41, 5.74) is 5.44. The topological polar surface area (TPSA) is 55.1 Å². The number of rotatable bonds is 3. The first-order chi connectivity index (χ1) is 6.04. The molecule has 0 aliphatic heterocycles. The van der Waals surface area contributed by atoms with E-state index in [1.165, 1.54) is 0 Å². The summed E-state index contributed by atoms with van der Waals surface area (Å²) >= 11 is 0. The van der Waals surface area contributed by atoms with E-state index in [4.69, 9.17) is 5.73 Å². The molecule has 0 saturated carbocycles. The largest absolute Gasteiger partial charge is 0.354 e. The predicted octanol–water partition coefficient (Wildman–Crippen LogP) is 1.94. The molecule has 3 N–H and O–H groups in total. The Kier molecular flexibility index (Phi) is 6.52. The molecule has 1 unspecified atom stereocenters. The molecular weight excluding hydrogens is 212 g/mol. The van der Waals surface area contributed by atoms with Crippen molar-refractivity contribution in [1.29, 1.82) is 0 Å². The van der Waals surface area contributed by atoms with E-state index in [0.717, 1.165) is 0 Å². The number of hydrogen-bond acceptors (Lipinski definition) is 2. The third kappa shape index (κ3) is 7.63. The molecule has 15 heavy (non-hydrogen) atoms. The van der Waals surface area contributed by atoms with Crippen LogP contribution in [0.2, 0.25) is 0 Å². The minimum absolute atomic E-state index is 0. The van der Waals surface area contributed by atoms with Crippen LogP contribution in [0.25, 0.3) is 0 Å². The van der Waals surface area contributed by atoms with Gasteiger partial charge in [0.15, 0.2) is 0 Å². The van der Waals surface area contributed by atoms with Gasteiger partial charge in [-0.15, -0.1) is 12.4 Å². The van der Waals surface area contributed by atoms with Crippen LogP contribution in [-0.2, 0) is 4.79 Å². The lowest BCUT2D eigenvalue weighted by Gasteiger charge is -2.28. The van der Waals surface area contributed by atoms with Crippen LogP contribution >= 0.6 is 12.4 Å². The van der Waals surface area contributed by atoms with Gasteiger partial charge >= 0.3 is 0 Å². The molecule has 0 aromatic rings. The highest BCUT2D eigenvalue weighted by atomic mass is 35.5. The highest BCUT2D eigenvalue weighted by Gasteiger charge is 2.27. The molecule has 0 fully saturated rings. The molecule has 4 heteroatoms. The van der Waals surface area contributed by atoms with Crippen LogP contribution in [0.15, 0.2) is 0 Å². The van der Waals surface area contributed by atoms with Crippen LogP contribution in [0.3, 0.4) is 0 Å². The van der Waals surface area contributed by atoms with E-state index in [1.807, 2.05) is 20.8 Å². The first kappa shape index (κ1) is 17.1. The van der Waals surface area contributed by atoms with Crippen molar-refractivity contribution >= 4 is 18.3 Å². The maximum atomic E-state index is 11.7. The summed E-state index contributed by atoms with van der Waals surface area (Å²) in [4.78, 5) is 11.7. The van der Waals surface area contributed by atoms with E-state index in [9.17, 15) is 4.79 Å². The van der Waals surface area contributed by atoms with Crippen LogP contribution < -0.4 is 11.1 Å². The lowest BCUT2D eigenvalue weighted by Crippen LogP contribution is -2.47. The van der Waals surface area contributed by atoms with Crippen molar-refractivity contribution in [2.24, 2.45) is 17.1 Å². The van der Waals surface area contributed by atoms with Crippen LogP contribution in [0, 0.1) is 11.3 Å². The van der Waals surface area contributed by atoms with Crippen molar-refractivity contribution in [2.45, 2.75) is 47.1 Å². The average molecular weight is 237 g/mol. The van der Waals surface area contributed by atoms with Gasteiger partial charge < -0.3 is 11.1 Å². The second-order valence-corrected chi connectivity index (χ2v) is 5.79. The fourth-order valence-corrected chi connectivity index (χ4v) is 0.861. The zero-order valence-corrected chi connectivity index (χ0v) is 11.5. The molecular formula is C11H25ClN2O. The molecule has 0 aliphatic rings. The number of carbonyl (C=O) groups excluding carboxylic acids is 1. The maximum absolute atomic E-state index is 11.7.